The summed E-state index contributed by atoms with van der Waals surface area (Å²) in [6, 6.07) is 7.27. The van der Waals surface area contributed by atoms with Gasteiger partial charge in [0, 0.05) is 43.4 Å². The number of likely N-dealkylation sites (tertiary alicyclic amines) is 1. The van der Waals surface area contributed by atoms with Gasteiger partial charge in [0.25, 0.3) is 11.8 Å². The molecule has 0 unspecified atom stereocenters. The lowest BCUT2D eigenvalue weighted by molar-refractivity contribution is 0.0651. The molecule has 8 heteroatoms. The van der Waals surface area contributed by atoms with Crippen LogP contribution in [0.15, 0.2) is 41.1 Å². The van der Waals surface area contributed by atoms with E-state index in [-0.39, 0.29) is 11.8 Å². The molecular formula is C26H26N4O4. The summed E-state index contributed by atoms with van der Waals surface area (Å²) < 4.78 is 13.8. The van der Waals surface area contributed by atoms with Crippen molar-refractivity contribution in [3.8, 4) is 11.5 Å². The van der Waals surface area contributed by atoms with Crippen molar-refractivity contribution in [2.24, 2.45) is 5.92 Å². The average molecular weight is 459 g/mol. The Hall–Kier alpha value is -3.81. The van der Waals surface area contributed by atoms with Crippen LogP contribution in [0.4, 0.5) is 0 Å². The van der Waals surface area contributed by atoms with Crippen LogP contribution in [-0.2, 0) is 0 Å². The highest BCUT2D eigenvalue weighted by molar-refractivity contribution is 6.07. The van der Waals surface area contributed by atoms with Gasteiger partial charge in [-0.3, -0.25) is 9.59 Å². The number of nitrogens with one attached hydrogen (secondary N) is 1. The summed E-state index contributed by atoms with van der Waals surface area (Å²) in [7, 11) is 0. The van der Waals surface area contributed by atoms with Gasteiger partial charge in [0.15, 0.2) is 5.75 Å². The smallest absolute Gasteiger partial charge is 0.255 e. The first-order chi connectivity index (χ1) is 16.5. The second-order valence-corrected chi connectivity index (χ2v) is 9.25. The van der Waals surface area contributed by atoms with Crippen molar-refractivity contribution < 1.29 is 18.7 Å². The summed E-state index contributed by atoms with van der Waals surface area (Å²) in [6.07, 6.45) is 6.83. The van der Waals surface area contributed by atoms with Crippen LogP contribution in [0.1, 0.15) is 51.3 Å². The fourth-order valence-electron chi connectivity index (χ4n) is 4.53. The highest BCUT2D eigenvalue weighted by atomic mass is 16.5. The maximum absolute atomic E-state index is 12.8. The molecule has 1 saturated carbocycles. The molecule has 8 nitrogen and oxygen atoms in total. The molecule has 0 radical (unpaired) electrons. The first kappa shape index (κ1) is 20.8. The van der Waals surface area contributed by atoms with Crippen LogP contribution in [-0.4, -0.2) is 46.0 Å². The number of carbonyl (C=O) groups excluding carboxylic acids is 2. The zero-order valence-electron chi connectivity index (χ0n) is 19.3. The van der Waals surface area contributed by atoms with E-state index in [1.165, 1.54) is 12.8 Å². The lowest BCUT2D eigenvalue weighted by Gasteiger charge is -2.30. The zero-order valence-corrected chi connectivity index (χ0v) is 19.3. The summed E-state index contributed by atoms with van der Waals surface area (Å²) >= 11 is 0. The zero-order chi connectivity index (χ0) is 23.4. The summed E-state index contributed by atoms with van der Waals surface area (Å²) in [6.45, 7) is 6.03. The number of hydrogen-bond donors (Lipinski definition) is 1. The van der Waals surface area contributed by atoms with Crippen LogP contribution in [0.2, 0.25) is 0 Å². The molecule has 0 bridgehead atoms. The first-order valence-corrected chi connectivity index (χ1v) is 11.7. The summed E-state index contributed by atoms with van der Waals surface area (Å²) in [5.41, 5.74) is 3.40. The number of aryl methyl sites for hydroxylation is 2. The Balaban J connectivity index is 1.30. The van der Waals surface area contributed by atoms with E-state index in [1.54, 1.807) is 36.0 Å². The van der Waals surface area contributed by atoms with E-state index in [1.807, 2.05) is 24.0 Å². The number of amides is 2. The lowest BCUT2D eigenvalue weighted by Crippen LogP contribution is -2.42. The Morgan fingerprint density at radius 3 is 2.76 bits per heavy atom. The molecule has 1 aliphatic heterocycles. The average Bonchev–Trinajstić information content (AvgIpc) is 3.46. The van der Waals surface area contributed by atoms with Crippen LogP contribution in [0.25, 0.3) is 16.5 Å². The van der Waals surface area contributed by atoms with Crippen LogP contribution >= 0.6 is 0 Å². The fraction of sp³-hybridized carbons (Fsp3) is 0.346. The number of fused-ring (bicyclic) bond motifs is 2. The van der Waals surface area contributed by atoms with Crippen molar-refractivity contribution in [1.29, 1.82) is 0 Å². The highest BCUT2D eigenvalue weighted by Crippen LogP contribution is 2.34. The van der Waals surface area contributed by atoms with Gasteiger partial charge >= 0.3 is 0 Å². The summed E-state index contributed by atoms with van der Waals surface area (Å²) in [4.78, 5) is 27.4. The standard InChI is InChI=1S/C26H26N4O4/c1-15-20(26(32)29-10-3-11-29)14-30-24(15)21(8-9-28-30)34-18-6-7-19-22(12-18)33-16(2)23(19)25(31)27-13-17-4-5-17/h6-9,12,14,17H,3-5,10-11,13H2,1-2H3,(H,27,31). The molecule has 4 heterocycles. The summed E-state index contributed by atoms with van der Waals surface area (Å²) in [5.74, 6) is 2.30. The minimum atomic E-state index is -0.101. The Bertz CT molecular complexity index is 1440. The first-order valence-electron chi connectivity index (χ1n) is 11.7. The fourth-order valence-corrected chi connectivity index (χ4v) is 4.53. The van der Waals surface area contributed by atoms with E-state index in [0.717, 1.165) is 36.0 Å². The van der Waals surface area contributed by atoms with Crippen molar-refractivity contribution in [3.05, 3.63) is 59.1 Å². The normalized spacial score (nSPS) is 15.5. The number of furan rings is 1. The van der Waals surface area contributed by atoms with E-state index < -0.39 is 0 Å². The van der Waals surface area contributed by atoms with Crippen LogP contribution in [0.3, 0.4) is 0 Å². The van der Waals surface area contributed by atoms with Gasteiger partial charge in [-0.25, -0.2) is 4.52 Å². The number of hydrogen-bond acceptors (Lipinski definition) is 5. The highest BCUT2D eigenvalue weighted by Gasteiger charge is 2.27. The molecular weight excluding hydrogens is 432 g/mol. The maximum atomic E-state index is 12.8. The van der Waals surface area contributed by atoms with E-state index in [9.17, 15) is 9.59 Å². The lowest BCUT2D eigenvalue weighted by atomic mass is 10.1. The van der Waals surface area contributed by atoms with Gasteiger partial charge < -0.3 is 19.4 Å². The van der Waals surface area contributed by atoms with Gasteiger partial charge in [-0.2, -0.15) is 5.10 Å². The van der Waals surface area contributed by atoms with Crippen molar-refractivity contribution in [2.45, 2.75) is 33.1 Å². The molecule has 1 saturated heterocycles. The number of aromatic nitrogens is 2. The molecule has 2 fully saturated rings. The van der Waals surface area contributed by atoms with Gasteiger partial charge in [0.2, 0.25) is 0 Å². The van der Waals surface area contributed by atoms with E-state index in [0.29, 0.717) is 46.4 Å². The molecule has 34 heavy (non-hydrogen) atoms. The van der Waals surface area contributed by atoms with E-state index >= 15 is 0 Å². The Kier molecular flexibility index (Phi) is 4.83. The third kappa shape index (κ3) is 3.50. The minimum absolute atomic E-state index is 0.0279. The molecule has 2 amide bonds. The van der Waals surface area contributed by atoms with Gasteiger partial charge in [0.05, 0.1) is 17.3 Å². The predicted octanol–water partition coefficient (Wildman–Crippen LogP) is 4.48. The Morgan fingerprint density at radius 1 is 1.21 bits per heavy atom. The topological polar surface area (TPSA) is 89.1 Å². The Labute approximate surface area is 196 Å². The second-order valence-electron chi connectivity index (χ2n) is 9.25. The van der Waals surface area contributed by atoms with Gasteiger partial charge in [0.1, 0.15) is 22.6 Å². The monoisotopic (exact) mass is 458 g/mol. The molecule has 6 rings (SSSR count). The molecule has 3 aromatic heterocycles. The molecule has 2 aliphatic rings. The van der Waals surface area contributed by atoms with E-state index in [2.05, 4.69) is 10.4 Å². The van der Waals surface area contributed by atoms with Gasteiger partial charge in [-0.15, -0.1) is 0 Å². The molecule has 0 atom stereocenters. The van der Waals surface area contributed by atoms with Crippen molar-refractivity contribution >= 4 is 28.3 Å². The van der Waals surface area contributed by atoms with Crippen molar-refractivity contribution in [2.75, 3.05) is 19.6 Å². The molecule has 1 N–H and O–H groups in total. The maximum Gasteiger partial charge on any atom is 0.255 e. The van der Waals surface area contributed by atoms with E-state index in [4.69, 9.17) is 9.15 Å². The van der Waals surface area contributed by atoms with Gasteiger partial charge in [-0.05, 0) is 56.7 Å². The van der Waals surface area contributed by atoms with Crippen molar-refractivity contribution in [1.82, 2.24) is 19.8 Å². The largest absolute Gasteiger partial charge is 0.460 e. The number of carbonyl (C=O) groups is 2. The number of nitrogens with zero attached hydrogens (tertiary/aromatic N) is 3. The molecule has 174 valence electrons. The predicted molar refractivity (Wildman–Crippen MR) is 127 cm³/mol. The quantitative estimate of drug-likeness (QED) is 0.460. The molecule has 0 spiro atoms. The summed E-state index contributed by atoms with van der Waals surface area (Å²) in [5, 5.41) is 8.15. The SMILES string of the molecule is Cc1oc2cc(Oc3ccnn4cc(C(=O)N5CCC5)c(C)c34)ccc2c1C(=O)NCC1CC1. The number of ether oxygens (including phenoxy) is 1. The van der Waals surface area contributed by atoms with Crippen LogP contribution in [0.5, 0.6) is 11.5 Å². The third-order valence-electron chi connectivity index (χ3n) is 6.80. The van der Waals surface area contributed by atoms with Crippen LogP contribution in [0, 0.1) is 19.8 Å². The van der Waals surface area contributed by atoms with Gasteiger partial charge in [-0.1, -0.05) is 0 Å². The van der Waals surface area contributed by atoms with Crippen molar-refractivity contribution in [3.63, 3.8) is 0 Å². The molecule has 1 aromatic carbocycles. The minimum Gasteiger partial charge on any atom is -0.460 e. The molecule has 4 aromatic rings. The number of benzene rings is 1. The molecule has 1 aliphatic carbocycles. The van der Waals surface area contributed by atoms with Crippen LogP contribution < -0.4 is 10.1 Å². The second kappa shape index (κ2) is 7.90. The number of rotatable bonds is 6. The Morgan fingerprint density at radius 2 is 2.03 bits per heavy atom. The third-order valence-corrected chi connectivity index (χ3v) is 6.80.